The third-order valence-electron chi connectivity index (χ3n) is 2.45. The first kappa shape index (κ1) is 13.4. The molecule has 1 heterocycles. The Labute approximate surface area is 105 Å². The minimum Gasteiger partial charge on any atom is -0.354 e. The molecule has 15 heavy (non-hydrogen) atoms. The van der Waals surface area contributed by atoms with E-state index in [-0.39, 0.29) is 11.2 Å². The van der Waals surface area contributed by atoms with Gasteiger partial charge in [-0.2, -0.15) is 0 Å². The van der Waals surface area contributed by atoms with Crippen LogP contribution in [0.1, 0.15) is 33.1 Å². The van der Waals surface area contributed by atoms with Crippen LogP contribution in [0.4, 0.5) is 0 Å². The highest BCUT2D eigenvalue weighted by Gasteiger charge is 2.23. The third kappa shape index (κ3) is 5.25. The molecule has 1 fully saturated rings. The van der Waals surface area contributed by atoms with Gasteiger partial charge in [-0.25, -0.2) is 0 Å². The van der Waals surface area contributed by atoms with Gasteiger partial charge in [-0.3, -0.25) is 4.79 Å². The highest BCUT2D eigenvalue weighted by molar-refractivity contribution is 9.09. The molecule has 0 radical (unpaired) electrons. The smallest absolute Gasteiger partial charge is 0.233 e. The molecule has 2 atom stereocenters. The average Bonchev–Trinajstić information content (AvgIpc) is 2.65. The highest BCUT2D eigenvalue weighted by Crippen LogP contribution is 2.26. The first-order valence-electron chi connectivity index (χ1n) is 5.63. The fourth-order valence-electron chi connectivity index (χ4n) is 1.70. The summed E-state index contributed by atoms with van der Waals surface area (Å²) in [5.74, 6) is 2.04. The Morgan fingerprint density at radius 2 is 2.33 bits per heavy atom. The molecule has 0 aromatic rings. The average molecular weight is 294 g/mol. The van der Waals surface area contributed by atoms with Crippen LogP contribution in [-0.4, -0.2) is 28.3 Å². The fraction of sp³-hybridized carbons (Fsp3) is 0.909. The lowest BCUT2D eigenvalue weighted by Gasteiger charge is -2.15. The highest BCUT2D eigenvalue weighted by atomic mass is 79.9. The second kappa shape index (κ2) is 6.79. The molecule has 1 rings (SSSR count). The van der Waals surface area contributed by atoms with E-state index in [0.717, 1.165) is 25.1 Å². The van der Waals surface area contributed by atoms with Crippen LogP contribution in [0.2, 0.25) is 0 Å². The van der Waals surface area contributed by atoms with Crippen LogP contribution in [0.15, 0.2) is 0 Å². The van der Waals surface area contributed by atoms with Crippen LogP contribution in [0, 0.1) is 5.92 Å². The molecular formula is C11H20BrNOS. The minimum absolute atomic E-state index is 0.212. The van der Waals surface area contributed by atoms with E-state index in [1.807, 2.05) is 0 Å². The van der Waals surface area contributed by atoms with Gasteiger partial charge in [0.15, 0.2) is 0 Å². The summed E-state index contributed by atoms with van der Waals surface area (Å²) < 4.78 is 0. The minimum atomic E-state index is 0.212. The van der Waals surface area contributed by atoms with Gasteiger partial charge >= 0.3 is 0 Å². The van der Waals surface area contributed by atoms with Crippen molar-refractivity contribution in [3.8, 4) is 0 Å². The van der Waals surface area contributed by atoms with Crippen molar-refractivity contribution in [2.75, 3.05) is 12.3 Å². The number of amides is 1. The molecule has 1 saturated heterocycles. The molecule has 4 heteroatoms. The van der Waals surface area contributed by atoms with Crippen molar-refractivity contribution in [1.82, 2.24) is 5.32 Å². The predicted molar refractivity (Wildman–Crippen MR) is 70.7 cm³/mol. The number of nitrogens with one attached hydrogen (secondary N) is 1. The molecule has 0 spiro atoms. The number of rotatable bonds is 5. The molecule has 2 unspecified atom stereocenters. The van der Waals surface area contributed by atoms with Gasteiger partial charge in [0.2, 0.25) is 5.91 Å². The van der Waals surface area contributed by atoms with Gasteiger partial charge in [0.25, 0.3) is 0 Å². The summed E-state index contributed by atoms with van der Waals surface area (Å²) in [7, 11) is 0. The molecule has 0 aliphatic carbocycles. The maximum atomic E-state index is 11.7. The van der Waals surface area contributed by atoms with Gasteiger partial charge in [0.1, 0.15) is 0 Å². The summed E-state index contributed by atoms with van der Waals surface area (Å²) in [6, 6.07) is 0. The zero-order valence-corrected chi connectivity index (χ0v) is 11.9. The Kier molecular flexibility index (Phi) is 6.05. The first-order chi connectivity index (χ1) is 7.09. The summed E-state index contributed by atoms with van der Waals surface area (Å²) in [6.45, 7) is 5.15. The SMILES string of the molecule is CC(C)CC(Br)CNC(=O)C1CCCS1. The van der Waals surface area contributed by atoms with Gasteiger partial charge in [-0.1, -0.05) is 29.8 Å². The molecule has 1 N–H and O–H groups in total. The van der Waals surface area contributed by atoms with Gasteiger partial charge in [0, 0.05) is 11.4 Å². The van der Waals surface area contributed by atoms with Crippen LogP contribution in [-0.2, 0) is 4.79 Å². The summed E-state index contributed by atoms with van der Waals surface area (Å²) in [4.78, 5) is 12.1. The zero-order chi connectivity index (χ0) is 11.3. The van der Waals surface area contributed by atoms with Crippen LogP contribution in [0.5, 0.6) is 0 Å². The second-order valence-corrected chi connectivity index (χ2v) is 7.08. The molecule has 0 aromatic carbocycles. The van der Waals surface area contributed by atoms with Crippen molar-refractivity contribution < 1.29 is 4.79 Å². The van der Waals surface area contributed by atoms with Crippen LogP contribution < -0.4 is 5.32 Å². The molecule has 2 nitrogen and oxygen atoms in total. The third-order valence-corrected chi connectivity index (χ3v) is 4.52. The second-order valence-electron chi connectivity index (χ2n) is 4.47. The molecule has 0 saturated carbocycles. The molecule has 1 aliphatic rings. The number of carbonyl (C=O) groups excluding carboxylic acids is 1. The van der Waals surface area contributed by atoms with Crippen LogP contribution in [0.3, 0.4) is 0 Å². The van der Waals surface area contributed by atoms with Crippen molar-refractivity contribution >= 4 is 33.6 Å². The number of thioether (sulfide) groups is 1. The number of carbonyl (C=O) groups is 1. The van der Waals surface area contributed by atoms with Gasteiger partial charge in [-0.05, 0) is 30.9 Å². The van der Waals surface area contributed by atoms with Crippen molar-refractivity contribution in [3.63, 3.8) is 0 Å². The van der Waals surface area contributed by atoms with E-state index in [2.05, 4.69) is 35.1 Å². The summed E-state index contributed by atoms with van der Waals surface area (Å²) in [5.41, 5.74) is 0. The molecular weight excluding hydrogens is 274 g/mol. The van der Waals surface area contributed by atoms with E-state index >= 15 is 0 Å². The van der Waals surface area contributed by atoms with Crippen LogP contribution in [0.25, 0.3) is 0 Å². The van der Waals surface area contributed by atoms with E-state index in [4.69, 9.17) is 0 Å². The lowest BCUT2D eigenvalue weighted by molar-refractivity contribution is -0.120. The Bertz CT molecular complexity index is 205. The van der Waals surface area contributed by atoms with Crippen molar-refractivity contribution in [3.05, 3.63) is 0 Å². The lowest BCUT2D eigenvalue weighted by atomic mass is 10.1. The Hall–Kier alpha value is 0.300. The standard InChI is InChI=1S/C11H20BrNOS/c1-8(2)6-9(12)7-13-11(14)10-4-3-5-15-10/h8-10H,3-7H2,1-2H3,(H,13,14). The van der Waals surface area contributed by atoms with Gasteiger partial charge < -0.3 is 5.32 Å². The normalized spacial score (nSPS) is 23.1. The Morgan fingerprint density at radius 1 is 1.60 bits per heavy atom. The van der Waals surface area contributed by atoms with E-state index < -0.39 is 0 Å². The largest absolute Gasteiger partial charge is 0.354 e. The summed E-state index contributed by atoms with van der Waals surface area (Å²) in [6.07, 6.45) is 3.35. The molecule has 1 amide bonds. The topological polar surface area (TPSA) is 29.1 Å². The van der Waals surface area contributed by atoms with E-state index in [1.54, 1.807) is 11.8 Å². The van der Waals surface area contributed by atoms with Crippen molar-refractivity contribution in [2.45, 2.75) is 43.2 Å². The summed E-state index contributed by atoms with van der Waals surface area (Å²) in [5, 5.41) is 3.23. The molecule has 1 aliphatic heterocycles. The fourth-order valence-corrected chi connectivity index (χ4v) is 3.80. The summed E-state index contributed by atoms with van der Waals surface area (Å²) >= 11 is 5.38. The molecule has 0 bridgehead atoms. The van der Waals surface area contributed by atoms with E-state index in [0.29, 0.717) is 10.7 Å². The first-order valence-corrected chi connectivity index (χ1v) is 7.59. The monoisotopic (exact) mass is 293 g/mol. The van der Waals surface area contributed by atoms with Gasteiger partial charge in [-0.15, -0.1) is 11.8 Å². The number of halogens is 1. The van der Waals surface area contributed by atoms with Gasteiger partial charge in [0.05, 0.1) is 5.25 Å². The van der Waals surface area contributed by atoms with Crippen LogP contribution >= 0.6 is 27.7 Å². The quantitative estimate of drug-likeness (QED) is 0.790. The van der Waals surface area contributed by atoms with E-state index in [9.17, 15) is 4.79 Å². The zero-order valence-electron chi connectivity index (χ0n) is 9.46. The maximum absolute atomic E-state index is 11.7. The van der Waals surface area contributed by atoms with E-state index in [1.165, 1.54) is 6.42 Å². The van der Waals surface area contributed by atoms with Crippen molar-refractivity contribution in [2.24, 2.45) is 5.92 Å². The van der Waals surface area contributed by atoms with Crippen molar-refractivity contribution in [1.29, 1.82) is 0 Å². The number of hydrogen-bond donors (Lipinski definition) is 1. The number of hydrogen-bond acceptors (Lipinski definition) is 2. The number of alkyl halides is 1. The lowest BCUT2D eigenvalue weighted by Crippen LogP contribution is -2.35. The Morgan fingerprint density at radius 3 is 2.87 bits per heavy atom. The Balaban J connectivity index is 2.15. The molecule has 88 valence electrons. The predicted octanol–water partition coefficient (Wildman–Crippen LogP) is 2.81. The molecule has 0 aromatic heterocycles. The maximum Gasteiger partial charge on any atom is 0.233 e.